The van der Waals surface area contributed by atoms with Crippen molar-refractivity contribution in [2.45, 2.75) is 25.4 Å². The van der Waals surface area contributed by atoms with E-state index in [2.05, 4.69) is 20.4 Å². The van der Waals surface area contributed by atoms with Crippen molar-refractivity contribution in [1.29, 1.82) is 0 Å². The summed E-state index contributed by atoms with van der Waals surface area (Å²) in [6, 6.07) is 9.26. The minimum Gasteiger partial charge on any atom is -0.474 e. The Morgan fingerprint density at radius 3 is 2.84 bits per heavy atom. The summed E-state index contributed by atoms with van der Waals surface area (Å²) in [7, 11) is 1.88. The van der Waals surface area contributed by atoms with Crippen molar-refractivity contribution in [2.75, 3.05) is 13.1 Å². The number of ether oxygens (including phenoxy) is 1. The molecule has 4 aromatic heterocycles. The summed E-state index contributed by atoms with van der Waals surface area (Å²) in [5.41, 5.74) is 3.83. The molecule has 1 aliphatic rings. The van der Waals surface area contributed by atoms with Gasteiger partial charge in [0.25, 0.3) is 0 Å². The summed E-state index contributed by atoms with van der Waals surface area (Å²) in [6.07, 6.45) is 9.29. The van der Waals surface area contributed by atoms with E-state index < -0.39 is 0 Å². The van der Waals surface area contributed by atoms with Gasteiger partial charge in [-0.3, -0.25) is 14.5 Å². The predicted octanol–water partition coefficient (Wildman–Crippen LogP) is 2.98. The first-order chi connectivity index (χ1) is 15.6. The van der Waals surface area contributed by atoms with E-state index in [0.717, 1.165) is 48.1 Å². The van der Waals surface area contributed by atoms with Crippen LogP contribution in [0.5, 0.6) is 5.88 Å². The molecule has 8 heteroatoms. The number of hydrogen-bond acceptors (Lipinski definition) is 7. The van der Waals surface area contributed by atoms with Gasteiger partial charge in [0, 0.05) is 48.2 Å². The van der Waals surface area contributed by atoms with Crippen LogP contribution in [0.2, 0.25) is 0 Å². The first-order valence-electron chi connectivity index (χ1n) is 10.8. The topological polar surface area (TPSA) is 94.8 Å². The smallest absolute Gasteiger partial charge is 0.214 e. The van der Waals surface area contributed by atoms with Gasteiger partial charge in [0.05, 0.1) is 29.5 Å². The van der Waals surface area contributed by atoms with E-state index >= 15 is 0 Å². The van der Waals surface area contributed by atoms with Gasteiger partial charge in [-0.05, 0) is 50.2 Å². The summed E-state index contributed by atoms with van der Waals surface area (Å²) in [4.78, 5) is 26.4. The van der Waals surface area contributed by atoms with Crippen LogP contribution < -0.4 is 10.1 Å². The number of aromatic nitrogens is 5. The molecule has 32 heavy (non-hydrogen) atoms. The molecule has 1 N–H and O–H groups in total. The molecular formula is C24H24N6O2. The first-order valence-corrected chi connectivity index (χ1v) is 10.8. The van der Waals surface area contributed by atoms with E-state index in [1.54, 1.807) is 35.4 Å². The van der Waals surface area contributed by atoms with E-state index in [-0.39, 0.29) is 18.3 Å². The largest absolute Gasteiger partial charge is 0.474 e. The maximum Gasteiger partial charge on any atom is 0.214 e. The van der Waals surface area contributed by atoms with Gasteiger partial charge in [-0.25, -0.2) is 9.97 Å². The van der Waals surface area contributed by atoms with Crippen LogP contribution >= 0.6 is 0 Å². The van der Waals surface area contributed by atoms with Crippen molar-refractivity contribution >= 4 is 16.7 Å². The third-order valence-electron chi connectivity index (χ3n) is 5.60. The van der Waals surface area contributed by atoms with Crippen molar-refractivity contribution in [3.8, 4) is 17.1 Å². The number of piperidine rings is 1. The van der Waals surface area contributed by atoms with E-state index in [0.29, 0.717) is 17.1 Å². The first kappa shape index (κ1) is 20.3. The van der Waals surface area contributed by atoms with Crippen LogP contribution in [0.4, 0.5) is 0 Å². The average Bonchev–Trinajstić information content (AvgIpc) is 3.26. The van der Waals surface area contributed by atoms with Crippen molar-refractivity contribution in [2.24, 2.45) is 7.05 Å². The Morgan fingerprint density at radius 2 is 2.03 bits per heavy atom. The number of carbonyl (C=O) groups is 1. The van der Waals surface area contributed by atoms with Gasteiger partial charge in [0.1, 0.15) is 6.10 Å². The third-order valence-corrected chi connectivity index (χ3v) is 5.60. The molecule has 1 saturated heterocycles. The number of pyridine rings is 3. The van der Waals surface area contributed by atoms with Crippen LogP contribution in [0, 0.1) is 0 Å². The Bertz CT molecular complexity index is 1260. The fourth-order valence-electron chi connectivity index (χ4n) is 3.87. The van der Waals surface area contributed by atoms with Crippen molar-refractivity contribution < 1.29 is 9.53 Å². The minimum absolute atomic E-state index is 0.0298. The minimum atomic E-state index is -0.0298. The van der Waals surface area contributed by atoms with Gasteiger partial charge in [0.15, 0.2) is 5.78 Å². The Morgan fingerprint density at radius 1 is 1.16 bits per heavy atom. The average molecular weight is 428 g/mol. The quantitative estimate of drug-likeness (QED) is 0.472. The van der Waals surface area contributed by atoms with Crippen molar-refractivity contribution in [1.82, 2.24) is 30.0 Å². The molecule has 1 aliphatic heterocycles. The monoisotopic (exact) mass is 428 g/mol. The zero-order chi connectivity index (χ0) is 21.9. The highest BCUT2D eigenvalue weighted by atomic mass is 16.5. The maximum absolute atomic E-state index is 12.9. The Labute approximate surface area is 185 Å². The fraction of sp³-hybridized carbons (Fsp3) is 0.292. The van der Waals surface area contributed by atoms with Gasteiger partial charge >= 0.3 is 0 Å². The summed E-state index contributed by atoms with van der Waals surface area (Å²) in [5.74, 6) is 0.467. The molecule has 0 saturated carbocycles. The number of rotatable bonds is 6. The lowest BCUT2D eigenvalue weighted by atomic mass is 10.1. The highest BCUT2D eigenvalue weighted by Gasteiger charge is 2.16. The Hall–Kier alpha value is -3.65. The van der Waals surface area contributed by atoms with Crippen LogP contribution in [0.3, 0.4) is 0 Å². The molecule has 0 aromatic carbocycles. The molecule has 0 bridgehead atoms. The summed E-state index contributed by atoms with van der Waals surface area (Å²) in [6.45, 7) is 1.88. The maximum atomic E-state index is 12.9. The van der Waals surface area contributed by atoms with Crippen LogP contribution in [0.25, 0.3) is 22.2 Å². The molecule has 4 aromatic rings. The lowest BCUT2D eigenvalue weighted by molar-refractivity contribution is 0.0990. The number of fused-ring (bicyclic) bond motifs is 1. The number of nitrogens with zero attached hydrogens (tertiary/aromatic N) is 5. The highest BCUT2D eigenvalue weighted by molar-refractivity contribution is 5.97. The number of hydrogen-bond donors (Lipinski definition) is 1. The molecule has 5 heterocycles. The lowest BCUT2D eigenvalue weighted by Gasteiger charge is -2.23. The molecule has 162 valence electrons. The zero-order valence-electron chi connectivity index (χ0n) is 17.9. The molecule has 0 spiro atoms. The van der Waals surface area contributed by atoms with E-state index in [4.69, 9.17) is 9.72 Å². The molecule has 0 aliphatic carbocycles. The zero-order valence-corrected chi connectivity index (χ0v) is 17.9. The number of aryl methyl sites for hydroxylation is 1. The van der Waals surface area contributed by atoms with Crippen LogP contribution in [0.15, 0.2) is 55.1 Å². The Balaban J connectivity index is 1.33. The predicted molar refractivity (Wildman–Crippen MR) is 121 cm³/mol. The van der Waals surface area contributed by atoms with Gasteiger partial charge in [-0.1, -0.05) is 0 Å². The molecule has 5 rings (SSSR count). The number of Topliss-reactive ketones (excluding diaryl/α,β-unsaturated/α-hetero) is 1. The number of nitrogens with one attached hydrogen (secondary N) is 1. The molecular weight excluding hydrogens is 404 g/mol. The molecule has 1 fully saturated rings. The van der Waals surface area contributed by atoms with Crippen LogP contribution in [-0.4, -0.2) is 49.7 Å². The van der Waals surface area contributed by atoms with E-state index in [1.165, 1.54) is 0 Å². The second kappa shape index (κ2) is 8.84. The SMILES string of the molecule is Cn1cc(-c2ccc3cnc(CC(=O)c4ccnc(OC5CCNCC5)c4)cc3n2)cn1. The third kappa shape index (κ3) is 4.50. The van der Waals surface area contributed by atoms with Gasteiger partial charge in [-0.15, -0.1) is 0 Å². The highest BCUT2D eigenvalue weighted by Crippen LogP contribution is 2.21. The Kier molecular flexibility index (Phi) is 5.60. The van der Waals surface area contributed by atoms with Crippen LogP contribution in [-0.2, 0) is 13.5 Å². The van der Waals surface area contributed by atoms with Crippen molar-refractivity contribution in [3.05, 3.63) is 66.4 Å². The normalized spacial score (nSPS) is 14.5. The van der Waals surface area contributed by atoms with E-state index in [9.17, 15) is 4.79 Å². The van der Waals surface area contributed by atoms with E-state index in [1.807, 2.05) is 31.4 Å². The second-order valence-corrected chi connectivity index (χ2v) is 8.02. The molecule has 0 amide bonds. The van der Waals surface area contributed by atoms with Gasteiger partial charge in [-0.2, -0.15) is 5.10 Å². The standard InChI is InChI=1S/C24H24N6O2/c1-30-15-18(14-28-30)21-3-2-17-13-27-19(11-22(17)29-21)12-23(31)16-4-9-26-24(10-16)32-20-5-7-25-8-6-20/h2-4,9-11,13-15,20,25H,5-8,12H2,1H3. The molecule has 8 nitrogen and oxygen atoms in total. The fourth-order valence-corrected chi connectivity index (χ4v) is 3.87. The van der Waals surface area contributed by atoms with Gasteiger partial charge in [0.2, 0.25) is 5.88 Å². The van der Waals surface area contributed by atoms with Crippen LogP contribution in [0.1, 0.15) is 28.9 Å². The van der Waals surface area contributed by atoms with Crippen molar-refractivity contribution in [3.63, 3.8) is 0 Å². The summed E-state index contributed by atoms with van der Waals surface area (Å²) in [5, 5.41) is 8.45. The molecule has 0 atom stereocenters. The molecule has 0 unspecified atom stereocenters. The second-order valence-electron chi connectivity index (χ2n) is 8.02. The number of ketones is 1. The summed E-state index contributed by atoms with van der Waals surface area (Å²) >= 11 is 0. The lowest BCUT2D eigenvalue weighted by Crippen LogP contribution is -2.34. The molecule has 0 radical (unpaired) electrons. The van der Waals surface area contributed by atoms with Gasteiger partial charge < -0.3 is 10.1 Å². The summed E-state index contributed by atoms with van der Waals surface area (Å²) < 4.78 is 7.72. The number of carbonyl (C=O) groups excluding carboxylic acids is 1.